The Bertz CT molecular complexity index is 316. The molecule has 1 rings (SSSR count). The molecular weight excluding hydrogens is 180 g/mol. The topological polar surface area (TPSA) is 0 Å². The van der Waals surface area contributed by atoms with Gasteiger partial charge in [-0.05, 0) is 35.0 Å². The summed E-state index contributed by atoms with van der Waals surface area (Å²) in [6.07, 6.45) is 1.20. The SMILES string of the molecule is C=C(c1ccc(C(C)CC)cc1)C(C)C. The summed E-state index contributed by atoms with van der Waals surface area (Å²) in [5.41, 5.74) is 3.93. The Morgan fingerprint density at radius 3 is 2.07 bits per heavy atom. The van der Waals surface area contributed by atoms with Gasteiger partial charge >= 0.3 is 0 Å². The van der Waals surface area contributed by atoms with E-state index in [1.54, 1.807) is 0 Å². The van der Waals surface area contributed by atoms with E-state index < -0.39 is 0 Å². The number of hydrogen-bond acceptors (Lipinski definition) is 0. The summed E-state index contributed by atoms with van der Waals surface area (Å²) in [6.45, 7) is 13.0. The lowest BCUT2D eigenvalue weighted by Crippen LogP contribution is -1.94. The zero-order valence-corrected chi connectivity index (χ0v) is 10.4. The highest BCUT2D eigenvalue weighted by molar-refractivity contribution is 5.64. The third-order valence-corrected chi connectivity index (χ3v) is 3.16. The molecule has 0 fully saturated rings. The average Bonchev–Trinajstić information content (AvgIpc) is 2.27. The van der Waals surface area contributed by atoms with Crippen LogP contribution in [0.5, 0.6) is 0 Å². The van der Waals surface area contributed by atoms with Crippen molar-refractivity contribution in [2.75, 3.05) is 0 Å². The largest absolute Gasteiger partial charge is 0.0950 e. The minimum absolute atomic E-state index is 0.527. The maximum Gasteiger partial charge on any atom is -0.0193 e. The van der Waals surface area contributed by atoms with E-state index in [1.165, 1.54) is 23.1 Å². The molecule has 0 heterocycles. The maximum absolute atomic E-state index is 4.12. The molecule has 82 valence electrons. The van der Waals surface area contributed by atoms with E-state index in [2.05, 4.69) is 58.5 Å². The first-order valence-corrected chi connectivity index (χ1v) is 5.85. The summed E-state index contributed by atoms with van der Waals surface area (Å²) in [5.74, 6) is 1.19. The van der Waals surface area contributed by atoms with E-state index in [0.717, 1.165) is 0 Å². The van der Waals surface area contributed by atoms with Crippen LogP contribution in [0.15, 0.2) is 30.8 Å². The highest BCUT2D eigenvalue weighted by Crippen LogP contribution is 2.24. The molecule has 0 aliphatic carbocycles. The van der Waals surface area contributed by atoms with Gasteiger partial charge in [0.25, 0.3) is 0 Å². The molecule has 0 saturated carbocycles. The van der Waals surface area contributed by atoms with Crippen molar-refractivity contribution in [3.63, 3.8) is 0 Å². The number of rotatable bonds is 4. The predicted octanol–water partition coefficient (Wildman–Crippen LogP) is 4.87. The molecule has 0 aliphatic rings. The molecule has 0 radical (unpaired) electrons. The second-order valence-corrected chi connectivity index (χ2v) is 4.61. The summed E-state index contributed by atoms with van der Waals surface area (Å²) in [7, 11) is 0. The van der Waals surface area contributed by atoms with Crippen LogP contribution in [0.1, 0.15) is 51.2 Å². The Morgan fingerprint density at radius 2 is 1.67 bits per heavy atom. The molecule has 15 heavy (non-hydrogen) atoms. The fourth-order valence-electron chi connectivity index (χ4n) is 1.59. The van der Waals surface area contributed by atoms with Crippen molar-refractivity contribution < 1.29 is 0 Å². The molecule has 1 atom stereocenters. The van der Waals surface area contributed by atoms with Gasteiger partial charge in [-0.15, -0.1) is 0 Å². The normalized spacial score (nSPS) is 12.9. The summed E-state index contributed by atoms with van der Waals surface area (Å²) >= 11 is 0. The number of benzene rings is 1. The average molecular weight is 202 g/mol. The summed E-state index contributed by atoms with van der Waals surface area (Å²) in [6, 6.07) is 8.86. The molecule has 0 saturated heterocycles. The minimum Gasteiger partial charge on any atom is -0.0950 e. The number of hydrogen-bond donors (Lipinski definition) is 0. The zero-order chi connectivity index (χ0) is 11.4. The first kappa shape index (κ1) is 12.0. The first-order valence-electron chi connectivity index (χ1n) is 5.85. The van der Waals surface area contributed by atoms with Crippen LogP contribution in [-0.2, 0) is 0 Å². The highest BCUT2D eigenvalue weighted by atomic mass is 14.1. The van der Waals surface area contributed by atoms with E-state index in [4.69, 9.17) is 0 Å². The molecule has 1 unspecified atom stereocenters. The quantitative estimate of drug-likeness (QED) is 0.653. The number of allylic oxidation sites excluding steroid dienone is 1. The van der Waals surface area contributed by atoms with Gasteiger partial charge in [-0.25, -0.2) is 0 Å². The molecule has 0 N–H and O–H groups in total. The van der Waals surface area contributed by atoms with Gasteiger partial charge in [0.05, 0.1) is 0 Å². The standard InChI is InChI=1S/C15H22/c1-6-12(4)14-7-9-15(10-8-14)13(5)11(2)3/h7-12H,5-6H2,1-4H3. The van der Waals surface area contributed by atoms with E-state index in [-0.39, 0.29) is 0 Å². The lowest BCUT2D eigenvalue weighted by atomic mass is 9.93. The lowest BCUT2D eigenvalue weighted by Gasteiger charge is -2.12. The highest BCUT2D eigenvalue weighted by Gasteiger charge is 2.05. The van der Waals surface area contributed by atoms with E-state index in [9.17, 15) is 0 Å². The smallest absolute Gasteiger partial charge is 0.0193 e. The first-order chi connectivity index (χ1) is 7.06. The minimum atomic E-state index is 0.527. The Kier molecular flexibility index (Phi) is 4.14. The van der Waals surface area contributed by atoms with E-state index in [1.807, 2.05) is 0 Å². The zero-order valence-electron chi connectivity index (χ0n) is 10.4. The molecule has 0 heteroatoms. The van der Waals surface area contributed by atoms with Gasteiger partial charge in [0.2, 0.25) is 0 Å². The van der Waals surface area contributed by atoms with E-state index >= 15 is 0 Å². The van der Waals surface area contributed by atoms with Crippen molar-refractivity contribution in [3.05, 3.63) is 42.0 Å². The molecule has 0 aromatic heterocycles. The summed E-state index contributed by atoms with van der Waals surface area (Å²) < 4.78 is 0. The van der Waals surface area contributed by atoms with Crippen molar-refractivity contribution >= 4 is 5.57 Å². The molecule has 1 aromatic rings. The second-order valence-electron chi connectivity index (χ2n) is 4.61. The van der Waals surface area contributed by atoms with Gasteiger partial charge in [-0.3, -0.25) is 0 Å². The third-order valence-electron chi connectivity index (χ3n) is 3.16. The molecule has 0 amide bonds. The Hall–Kier alpha value is -1.04. The van der Waals surface area contributed by atoms with Crippen LogP contribution in [0.25, 0.3) is 5.57 Å². The maximum atomic E-state index is 4.12. The van der Waals surface area contributed by atoms with Crippen LogP contribution in [-0.4, -0.2) is 0 Å². The molecule has 0 nitrogen and oxygen atoms in total. The Labute approximate surface area is 94.0 Å². The predicted molar refractivity (Wildman–Crippen MR) is 69.0 cm³/mol. The van der Waals surface area contributed by atoms with Gasteiger partial charge in [-0.2, -0.15) is 0 Å². The molecular formula is C15H22. The third kappa shape index (κ3) is 2.95. The fourth-order valence-corrected chi connectivity index (χ4v) is 1.59. The van der Waals surface area contributed by atoms with Crippen LogP contribution in [0.4, 0.5) is 0 Å². The van der Waals surface area contributed by atoms with Gasteiger partial charge in [-0.1, -0.05) is 58.5 Å². The van der Waals surface area contributed by atoms with Crippen LogP contribution >= 0.6 is 0 Å². The van der Waals surface area contributed by atoms with Crippen LogP contribution in [0, 0.1) is 5.92 Å². The van der Waals surface area contributed by atoms with Crippen molar-refractivity contribution in [1.29, 1.82) is 0 Å². The van der Waals surface area contributed by atoms with Crippen molar-refractivity contribution in [2.45, 2.75) is 40.0 Å². The molecule has 0 aliphatic heterocycles. The Morgan fingerprint density at radius 1 is 1.13 bits per heavy atom. The molecule has 0 bridgehead atoms. The summed E-state index contributed by atoms with van der Waals surface area (Å²) in [5, 5.41) is 0. The van der Waals surface area contributed by atoms with Crippen LogP contribution < -0.4 is 0 Å². The van der Waals surface area contributed by atoms with Gasteiger partial charge in [0, 0.05) is 0 Å². The van der Waals surface area contributed by atoms with Gasteiger partial charge in [0.1, 0.15) is 0 Å². The monoisotopic (exact) mass is 202 g/mol. The van der Waals surface area contributed by atoms with E-state index in [0.29, 0.717) is 11.8 Å². The van der Waals surface area contributed by atoms with Gasteiger partial charge in [0.15, 0.2) is 0 Å². The molecule has 1 aromatic carbocycles. The van der Waals surface area contributed by atoms with Crippen LogP contribution in [0.3, 0.4) is 0 Å². The van der Waals surface area contributed by atoms with Crippen LogP contribution in [0.2, 0.25) is 0 Å². The Balaban J connectivity index is 2.85. The fraction of sp³-hybridized carbons (Fsp3) is 0.467. The van der Waals surface area contributed by atoms with Crippen molar-refractivity contribution in [3.8, 4) is 0 Å². The van der Waals surface area contributed by atoms with Crippen molar-refractivity contribution in [1.82, 2.24) is 0 Å². The summed E-state index contributed by atoms with van der Waals surface area (Å²) in [4.78, 5) is 0. The lowest BCUT2D eigenvalue weighted by molar-refractivity contribution is 0.733. The second kappa shape index (κ2) is 5.16. The van der Waals surface area contributed by atoms with Gasteiger partial charge < -0.3 is 0 Å². The van der Waals surface area contributed by atoms with Crippen molar-refractivity contribution in [2.24, 2.45) is 5.92 Å². The molecule has 0 spiro atoms.